The summed E-state index contributed by atoms with van der Waals surface area (Å²) >= 11 is 0. The van der Waals surface area contributed by atoms with E-state index in [1.165, 1.54) is 19.2 Å². The molecule has 29 heavy (non-hydrogen) atoms. The normalized spacial score (nSPS) is 15.5. The molecule has 0 spiro atoms. The number of sulfonamides is 1. The first-order valence-electron chi connectivity index (χ1n) is 9.52. The summed E-state index contributed by atoms with van der Waals surface area (Å²) in [6, 6.07) is 8.35. The minimum atomic E-state index is -3.63. The van der Waals surface area contributed by atoms with Gasteiger partial charge in [0.05, 0.1) is 11.5 Å². The molecule has 1 aliphatic rings. The van der Waals surface area contributed by atoms with Crippen molar-refractivity contribution in [1.29, 1.82) is 0 Å². The van der Waals surface area contributed by atoms with Crippen molar-refractivity contribution < 1.29 is 22.7 Å². The van der Waals surface area contributed by atoms with E-state index < -0.39 is 10.0 Å². The number of benzene rings is 2. The van der Waals surface area contributed by atoms with Crippen LogP contribution in [0.3, 0.4) is 0 Å². The molecule has 2 N–H and O–H groups in total. The van der Waals surface area contributed by atoms with Crippen LogP contribution in [0, 0.1) is 6.92 Å². The molecule has 1 atom stereocenters. The van der Waals surface area contributed by atoms with E-state index in [4.69, 9.17) is 9.47 Å². The lowest BCUT2D eigenvalue weighted by Gasteiger charge is -2.14. The fourth-order valence-electron chi connectivity index (χ4n) is 3.31. The van der Waals surface area contributed by atoms with E-state index in [0.717, 1.165) is 23.3 Å². The summed E-state index contributed by atoms with van der Waals surface area (Å²) in [5.41, 5.74) is 2.90. The van der Waals surface area contributed by atoms with Crippen molar-refractivity contribution >= 4 is 15.9 Å². The van der Waals surface area contributed by atoms with Gasteiger partial charge in [0, 0.05) is 29.7 Å². The number of hydrogen-bond donors (Lipinski definition) is 2. The molecule has 0 saturated heterocycles. The van der Waals surface area contributed by atoms with Gasteiger partial charge in [0.2, 0.25) is 10.0 Å². The highest BCUT2D eigenvalue weighted by molar-refractivity contribution is 7.89. The van der Waals surface area contributed by atoms with Gasteiger partial charge in [-0.1, -0.05) is 6.07 Å². The number of carbonyl (C=O) groups is 1. The van der Waals surface area contributed by atoms with E-state index in [1.807, 2.05) is 26.0 Å². The van der Waals surface area contributed by atoms with Gasteiger partial charge in [-0.3, -0.25) is 4.79 Å². The van der Waals surface area contributed by atoms with E-state index in [9.17, 15) is 13.2 Å². The van der Waals surface area contributed by atoms with Gasteiger partial charge >= 0.3 is 0 Å². The van der Waals surface area contributed by atoms with Crippen LogP contribution in [0.4, 0.5) is 0 Å². The Kier molecular flexibility index (Phi) is 6.14. The van der Waals surface area contributed by atoms with Crippen LogP contribution >= 0.6 is 0 Å². The molecule has 2 aromatic rings. The maximum Gasteiger partial charge on any atom is 0.251 e. The van der Waals surface area contributed by atoms with E-state index >= 15 is 0 Å². The Morgan fingerprint density at radius 1 is 1.28 bits per heavy atom. The predicted octanol–water partition coefficient (Wildman–Crippen LogP) is 2.56. The smallest absolute Gasteiger partial charge is 0.251 e. The molecule has 1 amide bonds. The monoisotopic (exact) mass is 418 g/mol. The molecular weight excluding hydrogens is 392 g/mol. The molecule has 1 heterocycles. The highest BCUT2D eigenvalue weighted by Crippen LogP contribution is 2.35. The largest absolute Gasteiger partial charge is 0.494 e. The van der Waals surface area contributed by atoms with Crippen LogP contribution in [0.2, 0.25) is 0 Å². The molecular formula is C21H26N2O5S. The maximum atomic E-state index is 12.8. The van der Waals surface area contributed by atoms with Gasteiger partial charge in [0.1, 0.15) is 17.6 Å². The predicted molar refractivity (Wildman–Crippen MR) is 110 cm³/mol. The Morgan fingerprint density at radius 3 is 2.72 bits per heavy atom. The summed E-state index contributed by atoms with van der Waals surface area (Å²) in [4.78, 5) is 12.8. The summed E-state index contributed by atoms with van der Waals surface area (Å²) in [5.74, 6) is 1.17. The van der Waals surface area contributed by atoms with Crippen molar-refractivity contribution in [3.05, 3.63) is 52.6 Å². The van der Waals surface area contributed by atoms with Gasteiger partial charge in [0.25, 0.3) is 5.91 Å². The first kappa shape index (κ1) is 21.1. The van der Waals surface area contributed by atoms with Gasteiger partial charge in [-0.05, 0) is 57.6 Å². The SMILES string of the molecule is CCOc1cc2c(cc1CNC(=O)c1cc(S(=O)(=O)NC)ccc1C)O[C@H](C)C2. The van der Waals surface area contributed by atoms with Gasteiger partial charge < -0.3 is 14.8 Å². The van der Waals surface area contributed by atoms with E-state index in [1.54, 1.807) is 13.0 Å². The third kappa shape index (κ3) is 4.54. The zero-order valence-electron chi connectivity index (χ0n) is 17.0. The number of amides is 1. The van der Waals surface area contributed by atoms with Crippen molar-refractivity contribution in [2.45, 2.75) is 44.7 Å². The number of hydrogen-bond acceptors (Lipinski definition) is 5. The summed E-state index contributed by atoms with van der Waals surface area (Å²) in [6.45, 7) is 6.43. The van der Waals surface area contributed by atoms with Crippen LogP contribution in [0.25, 0.3) is 0 Å². The lowest BCUT2D eigenvalue weighted by Crippen LogP contribution is -2.25. The third-order valence-corrected chi connectivity index (χ3v) is 6.26. The number of aryl methyl sites for hydroxylation is 1. The molecule has 0 unspecified atom stereocenters. The van der Waals surface area contributed by atoms with Crippen LogP contribution in [0.15, 0.2) is 35.2 Å². The second kappa shape index (κ2) is 8.42. The van der Waals surface area contributed by atoms with E-state index in [2.05, 4.69) is 10.0 Å². The topological polar surface area (TPSA) is 93.7 Å². The fraction of sp³-hybridized carbons (Fsp3) is 0.381. The van der Waals surface area contributed by atoms with Crippen molar-refractivity contribution in [2.75, 3.05) is 13.7 Å². The second-order valence-electron chi connectivity index (χ2n) is 7.00. The van der Waals surface area contributed by atoms with Gasteiger partial charge in [0.15, 0.2) is 0 Å². The summed E-state index contributed by atoms with van der Waals surface area (Å²) in [7, 11) is -2.30. The molecule has 1 aliphatic heterocycles. The van der Waals surface area contributed by atoms with Crippen LogP contribution in [0.1, 0.15) is 40.9 Å². The number of carbonyl (C=O) groups excluding carboxylic acids is 1. The van der Waals surface area contributed by atoms with Gasteiger partial charge in [-0.2, -0.15) is 0 Å². The van der Waals surface area contributed by atoms with Gasteiger partial charge in [-0.15, -0.1) is 0 Å². The minimum absolute atomic E-state index is 0.0469. The molecule has 156 valence electrons. The first-order chi connectivity index (χ1) is 13.7. The Balaban J connectivity index is 1.83. The number of fused-ring (bicyclic) bond motifs is 1. The average Bonchev–Trinajstić information content (AvgIpc) is 3.05. The number of rotatable bonds is 7. The summed E-state index contributed by atoms with van der Waals surface area (Å²) in [5, 5.41) is 2.86. The Hall–Kier alpha value is -2.58. The van der Waals surface area contributed by atoms with Gasteiger partial charge in [-0.25, -0.2) is 13.1 Å². The lowest BCUT2D eigenvalue weighted by atomic mass is 10.1. The zero-order chi connectivity index (χ0) is 21.2. The third-order valence-electron chi connectivity index (χ3n) is 4.85. The molecule has 0 aliphatic carbocycles. The summed E-state index contributed by atoms with van der Waals surface area (Å²) < 4.78 is 37.9. The average molecular weight is 419 g/mol. The second-order valence-corrected chi connectivity index (χ2v) is 8.89. The number of ether oxygens (including phenoxy) is 2. The first-order valence-corrected chi connectivity index (χ1v) is 11.0. The number of nitrogens with one attached hydrogen (secondary N) is 2. The van der Waals surface area contributed by atoms with E-state index in [-0.39, 0.29) is 23.5 Å². The van der Waals surface area contributed by atoms with E-state index in [0.29, 0.717) is 23.5 Å². The Bertz CT molecular complexity index is 1030. The minimum Gasteiger partial charge on any atom is -0.494 e. The molecule has 0 aromatic heterocycles. The van der Waals surface area contributed by atoms with Crippen LogP contribution in [-0.4, -0.2) is 34.1 Å². The molecule has 3 rings (SSSR count). The highest BCUT2D eigenvalue weighted by Gasteiger charge is 2.22. The standard InChI is InChI=1S/C21H26N2O5S/c1-5-27-19-9-15-8-14(3)28-20(15)10-16(19)12-23-21(24)18-11-17(7-6-13(18)2)29(25,26)22-4/h6-7,9-11,14,22H,5,8,12H2,1-4H3,(H,23,24)/t14-/m1/s1. The lowest BCUT2D eigenvalue weighted by molar-refractivity contribution is 0.0949. The summed E-state index contributed by atoms with van der Waals surface area (Å²) in [6.07, 6.45) is 0.942. The Labute approximate surface area is 171 Å². The van der Waals surface area contributed by atoms with Crippen molar-refractivity contribution in [3.63, 3.8) is 0 Å². The zero-order valence-corrected chi connectivity index (χ0v) is 17.9. The van der Waals surface area contributed by atoms with Crippen LogP contribution < -0.4 is 19.5 Å². The fourth-order valence-corrected chi connectivity index (χ4v) is 4.07. The van der Waals surface area contributed by atoms with Crippen LogP contribution in [0.5, 0.6) is 11.5 Å². The maximum absolute atomic E-state index is 12.8. The molecule has 0 saturated carbocycles. The Morgan fingerprint density at radius 2 is 2.03 bits per heavy atom. The van der Waals surface area contributed by atoms with Crippen molar-refractivity contribution in [2.24, 2.45) is 0 Å². The molecule has 2 aromatic carbocycles. The molecule has 7 nitrogen and oxygen atoms in total. The molecule has 0 radical (unpaired) electrons. The molecule has 8 heteroatoms. The molecule has 0 fully saturated rings. The highest BCUT2D eigenvalue weighted by atomic mass is 32.2. The van der Waals surface area contributed by atoms with Crippen LogP contribution in [-0.2, 0) is 23.0 Å². The molecule has 0 bridgehead atoms. The van der Waals surface area contributed by atoms with Crippen molar-refractivity contribution in [1.82, 2.24) is 10.0 Å². The van der Waals surface area contributed by atoms with Crippen molar-refractivity contribution in [3.8, 4) is 11.5 Å². The quantitative estimate of drug-likeness (QED) is 0.721.